The molecule has 2 heteroatoms. The highest BCUT2D eigenvalue weighted by Gasteiger charge is 2.16. The number of nitrogens with one attached hydrogen (secondary N) is 2. The van der Waals surface area contributed by atoms with Crippen LogP contribution in [-0.2, 0) is 0 Å². The molecule has 2 rings (SSSR count). The van der Waals surface area contributed by atoms with Crippen LogP contribution >= 0.6 is 0 Å². The van der Waals surface area contributed by atoms with Crippen molar-refractivity contribution in [2.24, 2.45) is 0 Å². The van der Waals surface area contributed by atoms with Crippen molar-refractivity contribution in [3.63, 3.8) is 0 Å². The maximum absolute atomic E-state index is 3.62. The summed E-state index contributed by atoms with van der Waals surface area (Å²) < 4.78 is 0. The van der Waals surface area contributed by atoms with E-state index in [1.165, 1.54) is 24.9 Å². The van der Waals surface area contributed by atoms with Crippen molar-refractivity contribution < 1.29 is 0 Å². The lowest BCUT2D eigenvalue weighted by Gasteiger charge is -2.27. The second kappa shape index (κ2) is 7.16. The average Bonchev–Trinajstić information content (AvgIpc) is 2.48. The number of unbranched alkanes of at least 4 members (excludes halogenated alkanes) is 1. The first-order valence-electron chi connectivity index (χ1n) is 7.79. The molecule has 2 N–H and O–H groups in total. The van der Waals surface area contributed by atoms with Crippen molar-refractivity contribution >= 4 is 17.1 Å². The first kappa shape index (κ1) is 15.4. The van der Waals surface area contributed by atoms with Gasteiger partial charge >= 0.3 is 0 Å². The summed E-state index contributed by atoms with van der Waals surface area (Å²) in [5.74, 6) is 0. The molecule has 0 amide bonds. The number of rotatable bonds is 7. The van der Waals surface area contributed by atoms with Gasteiger partial charge < -0.3 is 10.6 Å². The van der Waals surface area contributed by atoms with Gasteiger partial charge in [0.2, 0.25) is 0 Å². The molecule has 0 unspecified atom stereocenters. The molecule has 2 aromatic carbocycles. The molecule has 0 aliphatic heterocycles. The predicted octanol–water partition coefficient (Wildman–Crippen LogP) is 5.81. The van der Waals surface area contributed by atoms with Gasteiger partial charge in [0.25, 0.3) is 0 Å². The van der Waals surface area contributed by atoms with Crippen LogP contribution in [0.5, 0.6) is 0 Å². The molecule has 0 fully saturated rings. The van der Waals surface area contributed by atoms with Crippen LogP contribution in [0, 0.1) is 0 Å². The zero-order valence-corrected chi connectivity index (χ0v) is 13.3. The summed E-state index contributed by atoms with van der Waals surface area (Å²) in [6.45, 7) is 6.76. The van der Waals surface area contributed by atoms with Crippen molar-refractivity contribution in [3.05, 3.63) is 54.6 Å². The Morgan fingerprint density at radius 3 is 2.00 bits per heavy atom. The van der Waals surface area contributed by atoms with Gasteiger partial charge in [-0.25, -0.2) is 0 Å². The molecule has 0 atom stereocenters. The van der Waals surface area contributed by atoms with E-state index in [1.54, 1.807) is 0 Å². The summed E-state index contributed by atoms with van der Waals surface area (Å²) in [6, 6.07) is 18.7. The fourth-order valence-corrected chi connectivity index (χ4v) is 2.40. The topological polar surface area (TPSA) is 24.1 Å². The van der Waals surface area contributed by atoms with Gasteiger partial charge in [-0.3, -0.25) is 0 Å². The summed E-state index contributed by atoms with van der Waals surface area (Å²) in [6.07, 6.45) is 3.69. The Hall–Kier alpha value is -1.96. The smallest absolute Gasteiger partial charge is 0.0385 e. The van der Waals surface area contributed by atoms with Gasteiger partial charge in [0.05, 0.1) is 0 Å². The summed E-state index contributed by atoms with van der Waals surface area (Å²) in [7, 11) is 0. The Bertz CT molecular complexity index is 529. The first-order chi connectivity index (χ1) is 10.1. The fraction of sp³-hybridized carbons (Fsp3) is 0.368. The third-order valence-electron chi connectivity index (χ3n) is 3.59. The van der Waals surface area contributed by atoms with E-state index in [9.17, 15) is 0 Å². The molecule has 2 aromatic rings. The SMILES string of the molecule is CCCCC(C)(C)Nc1ccc(Nc2ccccc2)cc1. The minimum absolute atomic E-state index is 0.143. The lowest BCUT2D eigenvalue weighted by Crippen LogP contribution is -2.30. The number of benzene rings is 2. The van der Waals surface area contributed by atoms with Gasteiger partial charge in [-0.2, -0.15) is 0 Å². The van der Waals surface area contributed by atoms with Crippen molar-refractivity contribution in [1.29, 1.82) is 0 Å². The number of hydrogen-bond donors (Lipinski definition) is 2. The molecule has 112 valence electrons. The van der Waals surface area contributed by atoms with Crippen molar-refractivity contribution in [3.8, 4) is 0 Å². The van der Waals surface area contributed by atoms with Crippen LogP contribution in [0.4, 0.5) is 17.1 Å². The van der Waals surface area contributed by atoms with E-state index >= 15 is 0 Å². The first-order valence-corrected chi connectivity index (χ1v) is 7.79. The molecule has 0 aliphatic rings. The third-order valence-corrected chi connectivity index (χ3v) is 3.59. The van der Waals surface area contributed by atoms with E-state index in [4.69, 9.17) is 0 Å². The van der Waals surface area contributed by atoms with Gasteiger partial charge in [-0.15, -0.1) is 0 Å². The summed E-state index contributed by atoms with van der Waals surface area (Å²) >= 11 is 0. The second-order valence-electron chi connectivity index (χ2n) is 6.18. The van der Waals surface area contributed by atoms with Crippen LogP contribution in [0.1, 0.15) is 40.0 Å². The van der Waals surface area contributed by atoms with Crippen LogP contribution in [0.3, 0.4) is 0 Å². The van der Waals surface area contributed by atoms with E-state index in [0.717, 1.165) is 11.4 Å². The molecule has 0 aliphatic carbocycles. The normalized spacial score (nSPS) is 11.2. The molecule has 0 saturated heterocycles. The average molecular weight is 282 g/mol. The largest absolute Gasteiger partial charge is 0.380 e. The van der Waals surface area contributed by atoms with Gasteiger partial charge in [-0.1, -0.05) is 38.0 Å². The van der Waals surface area contributed by atoms with Crippen molar-refractivity contribution in [2.45, 2.75) is 45.6 Å². The number of anilines is 3. The Labute approximate surface area is 128 Å². The molecule has 2 nitrogen and oxygen atoms in total. The van der Waals surface area contributed by atoms with Crippen LogP contribution in [0.25, 0.3) is 0 Å². The maximum Gasteiger partial charge on any atom is 0.0385 e. The van der Waals surface area contributed by atoms with Crippen molar-refractivity contribution in [2.75, 3.05) is 10.6 Å². The van der Waals surface area contributed by atoms with Gasteiger partial charge in [0, 0.05) is 22.6 Å². The second-order valence-corrected chi connectivity index (χ2v) is 6.18. The quantitative estimate of drug-likeness (QED) is 0.669. The van der Waals surface area contributed by atoms with Crippen LogP contribution in [0.2, 0.25) is 0 Å². The number of para-hydroxylation sites is 1. The lowest BCUT2D eigenvalue weighted by atomic mass is 9.97. The number of hydrogen-bond acceptors (Lipinski definition) is 2. The minimum Gasteiger partial charge on any atom is -0.380 e. The monoisotopic (exact) mass is 282 g/mol. The van der Waals surface area contributed by atoms with Gasteiger partial charge in [0.15, 0.2) is 0 Å². The predicted molar refractivity (Wildman–Crippen MR) is 93.4 cm³/mol. The Balaban J connectivity index is 1.96. The summed E-state index contributed by atoms with van der Waals surface area (Å²) in [5.41, 5.74) is 3.54. The Morgan fingerprint density at radius 2 is 1.38 bits per heavy atom. The zero-order valence-electron chi connectivity index (χ0n) is 13.3. The Morgan fingerprint density at radius 1 is 0.810 bits per heavy atom. The third kappa shape index (κ3) is 5.14. The van der Waals surface area contributed by atoms with Crippen LogP contribution in [-0.4, -0.2) is 5.54 Å². The molecule has 0 spiro atoms. The van der Waals surface area contributed by atoms with E-state index in [2.05, 4.69) is 67.8 Å². The highest BCUT2D eigenvalue weighted by atomic mass is 15.0. The van der Waals surface area contributed by atoms with Gasteiger partial charge in [-0.05, 0) is 56.7 Å². The fourth-order valence-electron chi connectivity index (χ4n) is 2.40. The standard InChI is InChI=1S/C19H26N2/c1-4-5-15-19(2,3)21-18-13-11-17(12-14-18)20-16-9-7-6-8-10-16/h6-14,20-21H,4-5,15H2,1-3H3. The molecule has 0 bridgehead atoms. The van der Waals surface area contributed by atoms with Gasteiger partial charge in [0.1, 0.15) is 0 Å². The van der Waals surface area contributed by atoms with Crippen LogP contribution in [0.15, 0.2) is 54.6 Å². The summed E-state index contributed by atoms with van der Waals surface area (Å²) in [4.78, 5) is 0. The summed E-state index contributed by atoms with van der Waals surface area (Å²) in [5, 5.41) is 7.02. The molecular weight excluding hydrogens is 256 g/mol. The highest BCUT2D eigenvalue weighted by molar-refractivity contribution is 5.62. The molecule has 0 saturated carbocycles. The van der Waals surface area contributed by atoms with Crippen LogP contribution < -0.4 is 10.6 Å². The van der Waals surface area contributed by atoms with E-state index in [1.807, 2.05) is 18.2 Å². The van der Waals surface area contributed by atoms with E-state index < -0.39 is 0 Å². The minimum atomic E-state index is 0.143. The molecule has 0 radical (unpaired) electrons. The molecule has 0 heterocycles. The van der Waals surface area contributed by atoms with E-state index in [-0.39, 0.29) is 5.54 Å². The lowest BCUT2D eigenvalue weighted by molar-refractivity contribution is 0.493. The van der Waals surface area contributed by atoms with Crippen molar-refractivity contribution in [1.82, 2.24) is 0 Å². The Kier molecular flexibility index (Phi) is 5.26. The molecular formula is C19H26N2. The zero-order chi connectivity index (χ0) is 15.1. The highest BCUT2D eigenvalue weighted by Crippen LogP contribution is 2.23. The molecule has 0 aromatic heterocycles. The maximum atomic E-state index is 3.62. The van der Waals surface area contributed by atoms with E-state index in [0.29, 0.717) is 0 Å². The molecule has 21 heavy (non-hydrogen) atoms.